The lowest BCUT2D eigenvalue weighted by Gasteiger charge is -2.12. The predicted octanol–water partition coefficient (Wildman–Crippen LogP) is 5.57. The van der Waals surface area contributed by atoms with E-state index in [9.17, 15) is 22.0 Å². The molecule has 1 heterocycles. The molecule has 0 spiro atoms. The highest BCUT2D eigenvalue weighted by atomic mass is 19.4. The van der Waals surface area contributed by atoms with Gasteiger partial charge in [-0.15, -0.1) is 0 Å². The normalized spacial score (nSPS) is 19.1. The summed E-state index contributed by atoms with van der Waals surface area (Å²) in [5.74, 6) is -4.04. The van der Waals surface area contributed by atoms with Crippen molar-refractivity contribution >= 4 is 0 Å². The second-order valence-electron chi connectivity index (χ2n) is 4.23. The Labute approximate surface area is 122 Å². The molecular weight excluding hydrogens is 291 g/mol. The van der Waals surface area contributed by atoms with E-state index in [1.807, 2.05) is 27.7 Å². The number of aryl methyl sites for hydroxylation is 1. The van der Waals surface area contributed by atoms with E-state index in [4.69, 9.17) is 0 Å². The average molecular weight is 314 g/mol. The fraction of sp³-hybridized carbons (Fsp3) is 0.786. The topological polar surface area (TPSA) is 17.8 Å². The fourth-order valence-corrected chi connectivity index (χ4v) is 2.35. The molecule has 0 aromatic carbocycles. The van der Waals surface area contributed by atoms with E-state index in [0.717, 1.165) is 4.68 Å². The second kappa shape index (κ2) is 7.22. The minimum Gasteiger partial charge on any atom is -0.263 e. The Hall–Kier alpha value is -1.14. The Morgan fingerprint density at radius 3 is 2.05 bits per heavy atom. The van der Waals surface area contributed by atoms with Crippen molar-refractivity contribution in [3.8, 4) is 0 Å². The van der Waals surface area contributed by atoms with Crippen molar-refractivity contribution in [2.75, 3.05) is 0 Å². The lowest BCUT2D eigenvalue weighted by molar-refractivity contribution is -0.142. The molecule has 2 nitrogen and oxygen atoms in total. The van der Waals surface area contributed by atoms with E-state index in [-0.39, 0.29) is 12.1 Å². The SMILES string of the molecule is CC.CC.CCn1nc(C(F)(F)F)c2c1C(F)(F)C[C@@H]2C. The summed E-state index contributed by atoms with van der Waals surface area (Å²) in [5, 5.41) is 3.28. The number of hydrogen-bond donors (Lipinski definition) is 0. The van der Waals surface area contributed by atoms with Crippen LogP contribution in [0.25, 0.3) is 0 Å². The Kier molecular flexibility index (Phi) is 6.83. The summed E-state index contributed by atoms with van der Waals surface area (Å²) < 4.78 is 66.1. The zero-order valence-corrected chi connectivity index (χ0v) is 13.3. The van der Waals surface area contributed by atoms with E-state index in [1.165, 1.54) is 13.8 Å². The maximum Gasteiger partial charge on any atom is 0.435 e. The molecule has 0 fully saturated rings. The summed E-state index contributed by atoms with van der Waals surface area (Å²) in [7, 11) is 0. The number of rotatable bonds is 1. The van der Waals surface area contributed by atoms with Crippen molar-refractivity contribution in [1.29, 1.82) is 0 Å². The first-order valence-corrected chi connectivity index (χ1v) is 7.24. The van der Waals surface area contributed by atoms with Gasteiger partial charge in [0.05, 0.1) is 0 Å². The quantitative estimate of drug-likeness (QED) is 0.619. The molecule has 21 heavy (non-hydrogen) atoms. The van der Waals surface area contributed by atoms with Gasteiger partial charge in [-0.3, -0.25) is 4.68 Å². The van der Waals surface area contributed by atoms with Gasteiger partial charge in [0.1, 0.15) is 5.69 Å². The Balaban J connectivity index is 0.000000921. The van der Waals surface area contributed by atoms with Crippen molar-refractivity contribution in [2.45, 2.75) is 72.5 Å². The molecular formula is C14H23F5N2. The van der Waals surface area contributed by atoms with Gasteiger partial charge in [0.2, 0.25) is 0 Å². The van der Waals surface area contributed by atoms with E-state index in [1.54, 1.807) is 0 Å². The fourth-order valence-electron chi connectivity index (χ4n) is 2.35. The average Bonchev–Trinajstić information content (AvgIpc) is 2.92. The molecule has 124 valence electrons. The predicted molar refractivity (Wildman–Crippen MR) is 72.5 cm³/mol. The van der Waals surface area contributed by atoms with Gasteiger partial charge in [0.25, 0.3) is 5.92 Å². The maximum absolute atomic E-state index is 13.6. The maximum atomic E-state index is 13.6. The summed E-state index contributed by atoms with van der Waals surface area (Å²) in [6.45, 7) is 10.9. The van der Waals surface area contributed by atoms with Crippen LogP contribution in [0.15, 0.2) is 0 Å². The lowest BCUT2D eigenvalue weighted by atomic mass is 10.0. The van der Waals surface area contributed by atoms with Crippen molar-refractivity contribution in [3.05, 3.63) is 17.0 Å². The van der Waals surface area contributed by atoms with Crippen LogP contribution in [-0.4, -0.2) is 9.78 Å². The number of hydrogen-bond acceptors (Lipinski definition) is 1. The summed E-state index contributed by atoms with van der Waals surface area (Å²) in [6, 6.07) is 0. The second-order valence-corrected chi connectivity index (χ2v) is 4.23. The summed E-state index contributed by atoms with van der Waals surface area (Å²) in [6.07, 6.45) is -5.26. The minimum atomic E-state index is -4.68. The molecule has 1 aromatic heterocycles. The van der Waals surface area contributed by atoms with Crippen LogP contribution >= 0.6 is 0 Å². The molecule has 2 rings (SSSR count). The molecule has 0 aliphatic heterocycles. The standard InChI is InChI=1S/C10H11F5N2.2C2H6/c1-3-17-8-6(5(2)4-9(8,11)12)7(16-17)10(13,14)15;2*1-2/h5H,3-4H2,1-2H3;2*1-2H3/t5-;;/m0../s1. The van der Waals surface area contributed by atoms with Gasteiger partial charge in [-0.25, -0.2) is 0 Å². The molecule has 1 aliphatic rings. The first-order valence-electron chi connectivity index (χ1n) is 7.24. The van der Waals surface area contributed by atoms with E-state index in [0.29, 0.717) is 0 Å². The van der Waals surface area contributed by atoms with Gasteiger partial charge in [-0.1, -0.05) is 34.6 Å². The third-order valence-corrected chi connectivity index (χ3v) is 2.96. The number of nitrogens with zero attached hydrogens (tertiary/aromatic N) is 2. The first kappa shape index (κ1) is 19.9. The van der Waals surface area contributed by atoms with Gasteiger partial charge in [-0.05, 0) is 12.8 Å². The smallest absolute Gasteiger partial charge is 0.263 e. The molecule has 0 saturated heterocycles. The minimum absolute atomic E-state index is 0.000718. The van der Waals surface area contributed by atoms with Crippen LogP contribution < -0.4 is 0 Å². The van der Waals surface area contributed by atoms with Crippen LogP contribution in [0.4, 0.5) is 22.0 Å². The van der Waals surface area contributed by atoms with Crippen LogP contribution in [0, 0.1) is 0 Å². The van der Waals surface area contributed by atoms with Crippen LogP contribution in [0.3, 0.4) is 0 Å². The Morgan fingerprint density at radius 2 is 1.67 bits per heavy atom. The van der Waals surface area contributed by atoms with Gasteiger partial charge in [-0.2, -0.15) is 27.1 Å². The zero-order chi connectivity index (χ0) is 17.0. The van der Waals surface area contributed by atoms with Crippen molar-refractivity contribution < 1.29 is 22.0 Å². The van der Waals surface area contributed by atoms with Crippen LogP contribution in [0.2, 0.25) is 0 Å². The van der Waals surface area contributed by atoms with E-state index < -0.39 is 35.8 Å². The van der Waals surface area contributed by atoms with E-state index >= 15 is 0 Å². The molecule has 1 aliphatic carbocycles. The molecule has 0 saturated carbocycles. The number of aromatic nitrogens is 2. The lowest BCUT2D eigenvalue weighted by Crippen LogP contribution is -2.16. The zero-order valence-electron chi connectivity index (χ0n) is 13.3. The summed E-state index contributed by atoms with van der Waals surface area (Å²) >= 11 is 0. The van der Waals surface area contributed by atoms with Crippen molar-refractivity contribution in [3.63, 3.8) is 0 Å². The van der Waals surface area contributed by atoms with Crippen molar-refractivity contribution in [1.82, 2.24) is 9.78 Å². The molecule has 0 amide bonds. The highest BCUT2D eigenvalue weighted by molar-refractivity contribution is 5.39. The summed E-state index contributed by atoms with van der Waals surface area (Å²) in [5.41, 5.74) is -2.08. The third kappa shape index (κ3) is 3.74. The van der Waals surface area contributed by atoms with Crippen LogP contribution in [-0.2, 0) is 18.6 Å². The molecule has 0 bridgehead atoms. The molecule has 1 aromatic rings. The number of alkyl halides is 5. The highest BCUT2D eigenvalue weighted by Gasteiger charge is 2.52. The molecule has 0 unspecified atom stereocenters. The number of halogens is 5. The third-order valence-electron chi connectivity index (χ3n) is 2.96. The monoisotopic (exact) mass is 314 g/mol. The first-order chi connectivity index (χ1) is 9.68. The van der Waals surface area contributed by atoms with Gasteiger partial charge >= 0.3 is 6.18 Å². The van der Waals surface area contributed by atoms with Crippen molar-refractivity contribution in [2.24, 2.45) is 0 Å². The Bertz CT molecular complexity index is 449. The molecule has 1 atom stereocenters. The summed E-state index contributed by atoms with van der Waals surface area (Å²) in [4.78, 5) is 0. The van der Waals surface area contributed by atoms with Crippen LogP contribution in [0.5, 0.6) is 0 Å². The Morgan fingerprint density at radius 1 is 1.19 bits per heavy atom. The van der Waals surface area contributed by atoms with Crippen LogP contribution in [0.1, 0.15) is 70.8 Å². The number of fused-ring (bicyclic) bond motifs is 1. The van der Waals surface area contributed by atoms with E-state index in [2.05, 4.69) is 5.10 Å². The molecule has 0 N–H and O–H groups in total. The van der Waals surface area contributed by atoms with Gasteiger partial charge in [0.15, 0.2) is 5.69 Å². The van der Waals surface area contributed by atoms with Gasteiger partial charge in [0, 0.05) is 18.5 Å². The highest BCUT2D eigenvalue weighted by Crippen LogP contribution is 2.51. The molecule has 0 radical (unpaired) electrons. The molecule has 7 heteroatoms. The van der Waals surface area contributed by atoms with Gasteiger partial charge < -0.3 is 0 Å². The largest absolute Gasteiger partial charge is 0.435 e.